The maximum Gasteiger partial charge on any atom is 0.270 e. The van der Waals surface area contributed by atoms with Crippen molar-refractivity contribution in [1.29, 1.82) is 5.26 Å². The van der Waals surface area contributed by atoms with Gasteiger partial charge in [0.15, 0.2) is 16.7 Å². The molecule has 0 saturated carbocycles. The molecular weight excluding hydrogens is 441 g/mol. The Labute approximate surface area is 157 Å². The highest BCUT2D eigenvalue weighted by Crippen LogP contribution is 2.37. The Morgan fingerprint density at radius 3 is 2.79 bits per heavy atom. The van der Waals surface area contributed by atoms with Crippen molar-refractivity contribution in [1.82, 2.24) is 9.97 Å². The van der Waals surface area contributed by atoms with E-state index in [2.05, 4.69) is 32.6 Å². The summed E-state index contributed by atoms with van der Waals surface area (Å²) >= 11 is 3.45. The first kappa shape index (κ1) is 18.6. The van der Waals surface area contributed by atoms with Crippen LogP contribution < -0.4 is 15.0 Å². The SMILES string of the molecule is CCCOc1c(I)cc(-c2nc(SC)[nH]c(=O)c2C#N)cc1OC. The topological polar surface area (TPSA) is 88.0 Å². The molecule has 0 unspecified atom stereocenters. The fourth-order valence-electron chi connectivity index (χ4n) is 2.06. The number of hydrogen-bond donors (Lipinski definition) is 1. The lowest BCUT2D eigenvalue weighted by atomic mass is 10.1. The number of nitrogens with one attached hydrogen (secondary N) is 1. The second kappa shape index (κ2) is 8.39. The van der Waals surface area contributed by atoms with Gasteiger partial charge in [-0.1, -0.05) is 18.7 Å². The van der Waals surface area contributed by atoms with Gasteiger partial charge >= 0.3 is 0 Å². The number of H-pyrrole nitrogens is 1. The number of ether oxygens (including phenoxy) is 2. The Morgan fingerprint density at radius 2 is 2.21 bits per heavy atom. The molecule has 1 aromatic carbocycles. The van der Waals surface area contributed by atoms with Gasteiger partial charge in [0.2, 0.25) is 0 Å². The Balaban J connectivity index is 2.66. The second-order valence-electron chi connectivity index (χ2n) is 4.75. The van der Waals surface area contributed by atoms with Gasteiger partial charge in [0, 0.05) is 5.56 Å². The van der Waals surface area contributed by atoms with Gasteiger partial charge in [-0.25, -0.2) is 4.98 Å². The van der Waals surface area contributed by atoms with Crippen molar-refractivity contribution in [2.24, 2.45) is 0 Å². The average Bonchev–Trinajstić information content (AvgIpc) is 2.59. The van der Waals surface area contributed by atoms with E-state index < -0.39 is 5.56 Å². The van der Waals surface area contributed by atoms with E-state index >= 15 is 0 Å². The standard InChI is InChI=1S/C16H16IN3O3S/c1-4-5-23-14-11(17)6-9(7-12(14)22-2)13-10(8-18)15(21)20-16(19-13)24-3/h6-7H,4-5H2,1-3H3,(H,19,20,21). The number of halogens is 1. The van der Waals surface area contributed by atoms with Crippen LogP contribution in [0.4, 0.5) is 0 Å². The molecule has 0 aliphatic rings. The van der Waals surface area contributed by atoms with Crippen LogP contribution in [-0.4, -0.2) is 29.9 Å². The van der Waals surface area contributed by atoms with Crippen LogP contribution in [-0.2, 0) is 0 Å². The molecule has 24 heavy (non-hydrogen) atoms. The fraction of sp³-hybridized carbons (Fsp3) is 0.312. The van der Waals surface area contributed by atoms with Gasteiger partial charge in [-0.15, -0.1) is 0 Å². The van der Waals surface area contributed by atoms with Gasteiger partial charge in [-0.2, -0.15) is 5.26 Å². The molecule has 0 atom stereocenters. The Hall–Kier alpha value is -1.73. The molecule has 0 spiro atoms. The van der Waals surface area contributed by atoms with Gasteiger partial charge in [0.1, 0.15) is 11.6 Å². The van der Waals surface area contributed by atoms with Crippen LogP contribution in [0.15, 0.2) is 22.1 Å². The minimum atomic E-state index is -0.452. The van der Waals surface area contributed by atoms with E-state index in [9.17, 15) is 10.1 Å². The fourth-order valence-corrected chi connectivity index (χ4v) is 3.20. The second-order valence-corrected chi connectivity index (χ2v) is 6.71. The third kappa shape index (κ3) is 3.84. The molecule has 126 valence electrons. The van der Waals surface area contributed by atoms with Gasteiger partial charge < -0.3 is 14.5 Å². The summed E-state index contributed by atoms with van der Waals surface area (Å²) in [6.45, 7) is 2.60. The van der Waals surface area contributed by atoms with E-state index in [1.807, 2.05) is 19.1 Å². The maximum atomic E-state index is 12.1. The van der Waals surface area contributed by atoms with Crippen LogP contribution in [0.2, 0.25) is 0 Å². The number of methoxy groups -OCH3 is 1. The number of hydrogen-bond acceptors (Lipinski definition) is 6. The summed E-state index contributed by atoms with van der Waals surface area (Å²) in [5, 5.41) is 9.77. The normalized spacial score (nSPS) is 10.3. The summed E-state index contributed by atoms with van der Waals surface area (Å²) in [7, 11) is 1.55. The van der Waals surface area contributed by atoms with Gasteiger partial charge in [-0.05, 0) is 47.4 Å². The number of aromatic nitrogens is 2. The first-order valence-electron chi connectivity index (χ1n) is 7.14. The lowest BCUT2D eigenvalue weighted by molar-refractivity contribution is 0.292. The Kier molecular flexibility index (Phi) is 6.51. The molecule has 1 N–H and O–H groups in total. The zero-order valence-corrected chi connectivity index (χ0v) is 16.4. The van der Waals surface area contributed by atoms with E-state index in [-0.39, 0.29) is 5.56 Å². The van der Waals surface area contributed by atoms with Crippen molar-refractivity contribution in [3.8, 4) is 28.8 Å². The summed E-state index contributed by atoms with van der Waals surface area (Å²) in [4.78, 5) is 19.1. The molecule has 0 radical (unpaired) electrons. The molecule has 2 rings (SSSR count). The zero-order chi connectivity index (χ0) is 17.7. The largest absolute Gasteiger partial charge is 0.493 e. The number of nitriles is 1. The molecule has 1 heterocycles. The molecule has 0 bridgehead atoms. The molecule has 2 aromatic rings. The van der Waals surface area contributed by atoms with Crippen molar-refractivity contribution >= 4 is 34.4 Å². The molecule has 0 aliphatic carbocycles. The van der Waals surface area contributed by atoms with Gasteiger partial charge in [0.25, 0.3) is 5.56 Å². The lowest BCUT2D eigenvalue weighted by Gasteiger charge is -2.14. The van der Waals surface area contributed by atoms with Crippen molar-refractivity contribution in [2.45, 2.75) is 18.5 Å². The first-order valence-corrected chi connectivity index (χ1v) is 9.45. The highest BCUT2D eigenvalue weighted by molar-refractivity contribution is 14.1. The molecule has 0 fully saturated rings. The Bertz CT molecular complexity index is 846. The number of aromatic amines is 1. The summed E-state index contributed by atoms with van der Waals surface area (Å²) in [6.07, 6.45) is 2.69. The number of thioether (sulfide) groups is 1. The van der Waals surface area contributed by atoms with Crippen LogP contribution in [0, 0.1) is 14.9 Å². The van der Waals surface area contributed by atoms with Crippen LogP contribution >= 0.6 is 34.4 Å². The van der Waals surface area contributed by atoms with Gasteiger partial charge in [0.05, 0.1) is 23.0 Å². The zero-order valence-electron chi connectivity index (χ0n) is 13.5. The summed E-state index contributed by atoms with van der Waals surface area (Å²) in [6, 6.07) is 5.50. The molecule has 1 aromatic heterocycles. The third-order valence-electron chi connectivity index (χ3n) is 3.16. The van der Waals surface area contributed by atoms with E-state index in [1.165, 1.54) is 11.8 Å². The number of benzene rings is 1. The highest BCUT2D eigenvalue weighted by atomic mass is 127. The van der Waals surface area contributed by atoms with E-state index in [0.29, 0.717) is 34.5 Å². The van der Waals surface area contributed by atoms with Crippen molar-refractivity contribution in [3.63, 3.8) is 0 Å². The van der Waals surface area contributed by atoms with Crippen molar-refractivity contribution in [3.05, 3.63) is 31.6 Å². The molecule has 6 nitrogen and oxygen atoms in total. The quantitative estimate of drug-likeness (QED) is 0.406. The molecular formula is C16H16IN3O3S. The summed E-state index contributed by atoms with van der Waals surface area (Å²) < 4.78 is 12.0. The molecule has 0 amide bonds. The maximum absolute atomic E-state index is 12.1. The smallest absolute Gasteiger partial charge is 0.270 e. The van der Waals surface area contributed by atoms with E-state index in [4.69, 9.17) is 9.47 Å². The van der Waals surface area contributed by atoms with E-state index in [1.54, 1.807) is 19.4 Å². The van der Waals surface area contributed by atoms with Crippen molar-refractivity contribution in [2.75, 3.05) is 20.0 Å². The summed E-state index contributed by atoms with van der Waals surface area (Å²) in [5.74, 6) is 1.19. The summed E-state index contributed by atoms with van der Waals surface area (Å²) in [5.41, 5.74) is 0.502. The van der Waals surface area contributed by atoms with Crippen LogP contribution in [0.1, 0.15) is 18.9 Å². The highest BCUT2D eigenvalue weighted by Gasteiger charge is 2.18. The van der Waals surface area contributed by atoms with Crippen molar-refractivity contribution < 1.29 is 9.47 Å². The first-order chi connectivity index (χ1) is 11.5. The van der Waals surface area contributed by atoms with Crippen LogP contribution in [0.25, 0.3) is 11.3 Å². The minimum absolute atomic E-state index is 0.0205. The Morgan fingerprint density at radius 1 is 1.46 bits per heavy atom. The minimum Gasteiger partial charge on any atom is -0.493 e. The van der Waals surface area contributed by atoms with Gasteiger partial charge in [-0.3, -0.25) is 4.79 Å². The monoisotopic (exact) mass is 457 g/mol. The predicted octanol–water partition coefficient (Wildman–Crippen LogP) is 3.43. The number of nitrogens with zero attached hydrogens (tertiary/aromatic N) is 2. The average molecular weight is 457 g/mol. The van der Waals surface area contributed by atoms with Crippen LogP contribution in [0.5, 0.6) is 11.5 Å². The molecule has 0 saturated heterocycles. The third-order valence-corrected chi connectivity index (χ3v) is 4.54. The molecule has 0 aliphatic heterocycles. The number of rotatable bonds is 6. The predicted molar refractivity (Wildman–Crippen MR) is 102 cm³/mol. The van der Waals surface area contributed by atoms with Crippen LogP contribution in [0.3, 0.4) is 0 Å². The lowest BCUT2D eigenvalue weighted by Crippen LogP contribution is -2.14. The van der Waals surface area contributed by atoms with E-state index in [0.717, 1.165) is 9.99 Å². The molecule has 8 heteroatoms.